The van der Waals surface area contributed by atoms with Crippen LogP contribution in [-0.4, -0.2) is 27.5 Å². The minimum absolute atomic E-state index is 0.524. The lowest BCUT2D eigenvalue weighted by Gasteiger charge is -2.30. The first-order chi connectivity index (χ1) is 10.1. The van der Waals surface area contributed by atoms with Gasteiger partial charge in [0.05, 0.1) is 10.0 Å². The fourth-order valence-electron chi connectivity index (χ4n) is 2.60. The van der Waals surface area contributed by atoms with E-state index in [1.165, 1.54) is 19.3 Å². The predicted molar refractivity (Wildman–Crippen MR) is 89.3 cm³/mol. The fraction of sp³-hybridized carbons (Fsp3) is 0.429. The van der Waals surface area contributed by atoms with Gasteiger partial charge in [-0.2, -0.15) is 5.10 Å². The van der Waals surface area contributed by atoms with Crippen molar-refractivity contribution in [1.82, 2.24) is 14.5 Å². The zero-order chi connectivity index (χ0) is 15.0. The van der Waals surface area contributed by atoms with E-state index in [1.807, 2.05) is 23.9 Å². The van der Waals surface area contributed by atoms with E-state index in [9.17, 15) is 0 Å². The second kappa shape index (κ2) is 5.99. The number of nitrogens with zero attached hydrogens (tertiary/aromatic N) is 4. The van der Waals surface area contributed by atoms with Gasteiger partial charge in [0.2, 0.25) is 4.77 Å². The van der Waals surface area contributed by atoms with Crippen LogP contribution in [0.4, 0.5) is 0 Å². The predicted octanol–water partition coefficient (Wildman–Crippen LogP) is 4.05. The third-order valence-corrected chi connectivity index (χ3v) is 4.87. The third-order valence-electron chi connectivity index (χ3n) is 3.70. The minimum Gasteiger partial charge on any atom is -0.309 e. The molecule has 0 aliphatic carbocycles. The molecule has 2 aromatic rings. The molecule has 21 heavy (non-hydrogen) atoms. The smallest absolute Gasteiger partial charge is 0.217 e. The number of hydrogen-bond donors (Lipinski definition) is 0. The van der Waals surface area contributed by atoms with Crippen molar-refractivity contribution in [1.29, 1.82) is 0 Å². The summed E-state index contributed by atoms with van der Waals surface area (Å²) in [7, 11) is 1.86. The lowest BCUT2D eigenvalue weighted by Crippen LogP contribution is -2.39. The topological polar surface area (TPSA) is 26.0 Å². The van der Waals surface area contributed by atoms with Gasteiger partial charge in [-0.15, -0.1) is 0 Å². The molecule has 1 aliphatic heterocycles. The average Bonchev–Trinajstić information content (AvgIpc) is 2.79. The molecule has 1 aromatic carbocycles. The van der Waals surface area contributed by atoms with Gasteiger partial charge in [-0.3, -0.25) is 0 Å². The second-order valence-corrected chi connectivity index (χ2v) is 6.36. The first-order valence-corrected chi connectivity index (χ1v) is 8.11. The molecule has 4 nitrogen and oxygen atoms in total. The molecule has 0 radical (unpaired) electrons. The highest BCUT2D eigenvalue weighted by Crippen LogP contribution is 2.28. The Balaban J connectivity index is 2.11. The Hall–Kier alpha value is -1.04. The van der Waals surface area contributed by atoms with Gasteiger partial charge in [0, 0.05) is 25.7 Å². The van der Waals surface area contributed by atoms with Crippen molar-refractivity contribution in [2.75, 3.05) is 18.1 Å². The van der Waals surface area contributed by atoms with Gasteiger partial charge in [-0.25, -0.2) is 9.36 Å². The number of aromatic nitrogens is 3. The first kappa shape index (κ1) is 14.9. The minimum atomic E-state index is 0.524. The highest BCUT2D eigenvalue weighted by atomic mass is 35.5. The normalized spacial score (nSPS) is 15.5. The van der Waals surface area contributed by atoms with E-state index >= 15 is 0 Å². The maximum atomic E-state index is 6.13. The van der Waals surface area contributed by atoms with Gasteiger partial charge >= 0.3 is 0 Å². The van der Waals surface area contributed by atoms with Crippen molar-refractivity contribution in [3.63, 3.8) is 0 Å². The van der Waals surface area contributed by atoms with Crippen LogP contribution in [0.2, 0.25) is 10.0 Å². The Bertz CT molecular complexity index is 716. The van der Waals surface area contributed by atoms with Crippen molar-refractivity contribution in [2.45, 2.75) is 19.3 Å². The first-order valence-electron chi connectivity index (χ1n) is 6.94. The average molecular weight is 343 g/mol. The van der Waals surface area contributed by atoms with Crippen LogP contribution in [0, 0.1) is 4.77 Å². The highest BCUT2D eigenvalue weighted by molar-refractivity contribution is 7.71. The van der Waals surface area contributed by atoms with Crippen molar-refractivity contribution < 1.29 is 0 Å². The van der Waals surface area contributed by atoms with Crippen LogP contribution in [-0.2, 0) is 7.05 Å². The maximum absolute atomic E-state index is 6.13. The Morgan fingerprint density at radius 1 is 1.10 bits per heavy atom. The molecule has 0 atom stereocenters. The van der Waals surface area contributed by atoms with E-state index in [4.69, 9.17) is 35.4 Å². The molecule has 0 bridgehead atoms. The molecule has 1 saturated heterocycles. The molecular formula is C14H16Cl2N4S. The molecule has 112 valence electrons. The zero-order valence-electron chi connectivity index (χ0n) is 11.7. The van der Waals surface area contributed by atoms with Crippen LogP contribution in [0.25, 0.3) is 11.4 Å². The third kappa shape index (κ3) is 2.82. The van der Waals surface area contributed by atoms with Gasteiger partial charge in [0.25, 0.3) is 0 Å². The summed E-state index contributed by atoms with van der Waals surface area (Å²) in [6.45, 7) is 1.99. The van der Waals surface area contributed by atoms with E-state index in [2.05, 4.69) is 10.1 Å². The summed E-state index contributed by atoms with van der Waals surface area (Å²) in [5.74, 6) is 0.808. The lowest BCUT2D eigenvalue weighted by atomic mass is 10.1. The molecule has 3 rings (SSSR count). The SMILES string of the molecule is Cn1nc(-c2ccc(Cl)c(Cl)c2)n(N2CCCCC2)c1=S. The van der Waals surface area contributed by atoms with Crippen LogP contribution in [0.3, 0.4) is 0 Å². The summed E-state index contributed by atoms with van der Waals surface area (Å²) in [5.41, 5.74) is 0.918. The number of rotatable bonds is 2. The van der Waals surface area contributed by atoms with Crippen molar-refractivity contribution in [3.8, 4) is 11.4 Å². The highest BCUT2D eigenvalue weighted by Gasteiger charge is 2.19. The summed E-state index contributed by atoms with van der Waals surface area (Å²) < 4.78 is 4.44. The lowest BCUT2D eigenvalue weighted by molar-refractivity contribution is 0.475. The van der Waals surface area contributed by atoms with Gasteiger partial charge in [-0.05, 0) is 49.7 Å². The van der Waals surface area contributed by atoms with Crippen LogP contribution < -0.4 is 5.01 Å². The molecule has 7 heteroatoms. The summed E-state index contributed by atoms with van der Waals surface area (Å²) in [6, 6.07) is 5.55. The standard InChI is InChI=1S/C14H16Cl2N4S/c1-18-14(21)20(19-7-3-2-4-8-19)13(17-18)10-5-6-11(15)12(16)9-10/h5-6,9H,2-4,7-8H2,1H3. The molecule has 2 heterocycles. The number of benzene rings is 1. The van der Waals surface area contributed by atoms with E-state index in [-0.39, 0.29) is 0 Å². The van der Waals surface area contributed by atoms with E-state index < -0.39 is 0 Å². The van der Waals surface area contributed by atoms with Gasteiger partial charge in [0.1, 0.15) is 0 Å². The van der Waals surface area contributed by atoms with Gasteiger partial charge in [0.15, 0.2) is 5.82 Å². The molecule has 0 unspecified atom stereocenters. The molecule has 0 saturated carbocycles. The largest absolute Gasteiger partial charge is 0.309 e. The number of piperidine rings is 1. The fourth-order valence-corrected chi connectivity index (χ4v) is 3.14. The van der Waals surface area contributed by atoms with Gasteiger partial charge in [-0.1, -0.05) is 23.2 Å². The van der Waals surface area contributed by atoms with Crippen molar-refractivity contribution >= 4 is 35.4 Å². The monoisotopic (exact) mass is 342 g/mol. The second-order valence-electron chi connectivity index (χ2n) is 5.18. The van der Waals surface area contributed by atoms with Crippen molar-refractivity contribution in [2.24, 2.45) is 7.05 Å². The molecule has 0 N–H and O–H groups in total. The molecule has 1 aromatic heterocycles. The number of aryl methyl sites for hydroxylation is 1. The van der Waals surface area contributed by atoms with Crippen LogP contribution in [0.15, 0.2) is 18.2 Å². The van der Waals surface area contributed by atoms with Crippen LogP contribution >= 0.6 is 35.4 Å². The Morgan fingerprint density at radius 2 is 1.81 bits per heavy atom. The number of hydrogen-bond acceptors (Lipinski definition) is 3. The molecular weight excluding hydrogens is 327 g/mol. The zero-order valence-corrected chi connectivity index (χ0v) is 14.0. The quantitative estimate of drug-likeness (QED) is 0.770. The maximum Gasteiger partial charge on any atom is 0.217 e. The van der Waals surface area contributed by atoms with Gasteiger partial charge < -0.3 is 5.01 Å². The molecule has 1 aliphatic rings. The van der Waals surface area contributed by atoms with E-state index in [0.717, 1.165) is 24.5 Å². The molecule has 0 amide bonds. The molecule has 0 spiro atoms. The van der Waals surface area contributed by atoms with E-state index in [1.54, 1.807) is 10.7 Å². The Labute approximate surface area is 138 Å². The molecule has 1 fully saturated rings. The summed E-state index contributed by atoms with van der Waals surface area (Å²) >= 11 is 17.6. The Morgan fingerprint density at radius 3 is 2.48 bits per heavy atom. The van der Waals surface area contributed by atoms with Crippen molar-refractivity contribution in [3.05, 3.63) is 33.0 Å². The summed E-state index contributed by atoms with van der Waals surface area (Å²) in [4.78, 5) is 0. The summed E-state index contributed by atoms with van der Waals surface area (Å²) in [5, 5.41) is 7.88. The van der Waals surface area contributed by atoms with Crippen LogP contribution in [0.5, 0.6) is 0 Å². The summed E-state index contributed by atoms with van der Waals surface area (Å²) in [6.07, 6.45) is 3.63. The van der Waals surface area contributed by atoms with E-state index in [0.29, 0.717) is 14.8 Å². The Kier molecular flexibility index (Phi) is 4.24. The number of halogens is 2. The van der Waals surface area contributed by atoms with Crippen LogP contribution in [0.1, 0.15) is 19.3 Å².